The van der Waals surface area contributed by atoms with Crippen LogP contribution in [-0.4, -0.2) is 24.9 Å². The quantitative estimate of drug-likeness (QED) is 0.449. The normalized spacial score (nSPS) is 9.75. The highest BCUT2D eigenvalue weighted by Gasteiger charge is 2.03. The van der Waals surface area contributed by atoms with E-state index >= 15 is 0 Å². The lowest BCUT2D eigenvalue weighted by atomic mass is 10.1. The van der Waals surface area contributed by atoms with Crippen molar-refractivity contribution >= 4 is 11.8 Å². The Hall–Kier alpha value is -2.08. The standard InChI is InChI=1S/C18H30N4O2/c19-13-7-1-3-9-15-21-17(23)11-5-6-12-18(24)22-16-10-4-2-8-14-20/h1-12,15-16H2,(H,21,23)(H,22,24). The van der Waals surface area contributed by atoms with Gasteiger partial charge in [0.15, 0.2) is 0 Å². The molecule has 0 saturated carbocycles. The molecule has 0 spiro atoms. The van der Waals surface area contributed by atoms with Crippen LogP contribution in [0.3, 0.4) is 0 Å². The van der Waals surface area contributed by atoms with Gasteiger partial charge >= 0.3 is 0 Å². The van der Waals surface area contributed by atoms with Gasteiger partial charge in [-0.2, -0.15) is 10.5 Å². The average molecular weight is 334 g/mol. The molecule has 0 atom stereocenters. The molecule has 0 aliphatic carbocycles. The fourth-order valence-corrected chi connectivity index (χ4v) is 2.22. The predicted octanol–water partition coefficient (Wildman–Crippen LogP) is 2.95. The molecule has 0 fully saturated rings. The third-order valence-corrected chi connectivity index (χ3v) is 3.63. The van der Waals surface area contributed by atoms with E-state index in [1.807, 2.05) is 0 Å². The minimum Gasteiger partial charge on any atom is -0.356 e. The molecule has 24 heavy (non-hydrogen) atoms. The van der Waals surface area contributed by atoms with Crippen LogP contribution in [0.4, 0.5) is 0 Å². The van der Waals surface area contributed by atoms with Crippen LogP contribution in [-0.2, 0) is 9.59 Å². The van der Waals surface area contributed by atoms with E-state index in [9.17, 15) is 9.59 Å². The van der Waals surface area contributed by atoms with Gasteiger partial charge in [0.05, 0.1) is 12.1 Å². The molecular weight excluding hydrogens is 304 g/mol. The van der Waals surface area contributed by atoms with E-state index in [1.54, 1.807) is 0 Å². The summed E-state index contributed by atoms with van der Waals surface area (Å²) in [6.45, 7) is 1.33. The minimum absolute atomic E-state index is 0.0354. The zero-order valence-electron chi connectivity index (χ0n) is 14.6. The Bertz CT molecular complexity index is 384. The van der Waals surface area contributed by atoms with E-state index in [0.717, 1.165) is 51.4 Å². The maximum absolute atomic E-state index is 11.6. The van der Waals surface area contributed by atoms with Gasteiger partial charge in [-0.15, -0.1) is 0 Å². The van der Waals surface area contributed by atoms with Gasteiger partial charge in [0.2, 0.25) is 11.8 Å². The molecule has 134 valence electrons. The van der Waals surface area contributed by atoms with Crippen molar-refractivity contribution in [2.24, 2.45) is 0 Å². The summed E-state index contributed by atoms with van der Waals surface area (Å²) >= 11 is 0. The van der Waals surface area contributed by atoms with Crippen LogP contribution < -0.4 is 10.6 Å². The van der Waals surface area contributed by atoms with Crippen LogP contribution in [0.1, 0.15) is 77.0 Å². The van der Waals surface area contributed by atoms with Crippen molar-refractivity contribution in [3.63, 3.8) is 0 Å². The first-order valence-electron chi connectivity index (χ1n) is 8.98. The molecule has 0 aromatic carbocycles. The molecular formula is C18H30N4O2. The van der Waals surface area contributed by atoms with Crippen LogP contribution in [0.5, 0.6) is 0 Å². The second-order valence-corrected chi connectivity index (χ2v) is 5.84. The van der Waals surface area contributed by atoms with Crippen LogP contribution in [0.25, 0.3) is 0 Å². The van der Waals surface area contributed by atoms with Crippen molar-refractivity contribution < 1.29 is 9.59 Å². The highest BCUT2D eigenvalue weighted by atomic mass is 16.2. The monoisotopic (exact) mass is 334 g/mol. The van der Waals surface area contributed by atoms with Gasteiger partial charge in [-0.1, -0.05) is 12.8 Å². The topological polar surface area (TPSA) is 106 Å². The summed E-state index contributed by atoms with van der Waals surface area (Å²) in [6, 6.07) is 4.21. The number of carbonyl (C=O) groups is 2. The van der Waals surface area contributed by atoms with E-state index in [1.165, 1.54) is 0 Å². The molecule has 2 amide bonds. The molecule has 6 heteroatoms. The molecule has 6 nitrogen and oxygen atoms in total. The van der Waals surface area contributed by atoms with Gasteiger partial charge in [-0.3, -0.25) is 9.59 Å². The third kappa shape index (κ3) is 16.3. The van der Waals surface area contributed by atoms with Gasteiger partial charge < -0.3 is 10.6 Å². The maximum Gasteiger partial charge on any atom is 0.219 e. The maximum atomic E-state index is 11.6. The summed E-state index contributed by atoms with van der Waals surface area (Å²) in [5.41, 5.74) is 0. The Labute approximate surface area is 145 Å². The molecule has 0 aliphatic rings. The summed E-state index contributed by atoms with van der Waals surface area (Å²) in [6.07, 6.45) is 9.03. The Morgan fingerprint density at radius 3 is 1.42 bits per heavy atom. The van der Waals surface area contributed by atoms with Crippen molar-refractivity contribution in [1.82, 2.24) is 10.6 Å². The molecule has 0 saturated heterocycles. The van der Waals surface area contributed by atoms with E-state index in [0.29, 0.717) is 38.8 Å². The SMILES string of the molecule is N#CCCCCCNC(=O)CCCCC(=O)NCCCCCC#N. The van der Waals surface area contributed by atoms with Crippen LogP contribution in [0.2, 0.25) is 0 Å². The Morgan fingerprint density at radius 2 is 1.04 bits per heavy atom. The smallest absolute Gasteiger partial charge is 0.219 e. The third-order valence-electron chi connectivity index (χ3n) is 3.63. The number of nitrogens with one attached hydrogen (secondary N) is 2. The first-order chi connectivity index (χ1) is 11.7. The number of nitriles is 2. The van der Waals surface area contributed by atoms with Crippen molar-refractivity contribution in [3.05, 3.63) is 0 Å². The lowest BCUT2D eigenvalue weighted by molar-refractivity contribution is -0.123. The van der Waals surface area contributed by atoms with Gasteiger partial charge in [0.25, 0.3) is 0 Å². The number of hydrogen-bond acceptors (Lipinski definition) is 4. The number of carbonyl (C=O) groups excluding carboxylic acids is 2. The van der Waals surface area contributed by atoms with Crippen molar-refractivity contribution in [2.45, 2.75) is 77.0 Å². The molecule has 0 aromatic heterocycles. The van der Waals surface area contributed by atoms with Crippen LogP contribution in [0.15, 0.2) is 0 Å². The summed E-state index contributed by atoms with van der Waals surface area (Å²) in [7, 11) is 0. The van der Waals surface area contributed by atoms with E-state index in [4.69, 9.17) is 10.5 Å². The molecule has 0 rings (SSSR count). The second kappa shape index (κ2) is 17.3. The zero-order valence-corrected chi connectivity index (χ0v) is 14.6. The Kier molecular flexibility index (Phi) is 15.8. The molecule has 0 radical (unpaired) electrons. The highest BCUT2D eigenvalue weighted by Crippen LogP contribution is 2.02. The van der Waals surface area contributed by atoms with Gasteiger partial charge in [0, 0.05) is 38.8 Å². The van der Waals surface area contributed by atoms with Crippen molar-refractivity contribution in [1.29, 1.82) is 10.5 Å². The fourth-order valence-electron chi connectivity index (χ4n) is 2.22. The molecule has 0 unspecified atom stereocenters. The number of unbranched alkanes of at least 4 members (excludes halogenated alkanes) is 7. The molecule has 0 aliphatic heterocycles. The average Bonchev–Trinajstić information content (AvgIpc) is 2.58. The van der Waals surface area contributed by atoms with Crippen molar-refractivity contribution in [3.8, 4) is 12.1 Å². The van der Waals surface area contributed by atoms with Gasteiger partial charge in [-0.25, -0.2) is 0 Å². The van der Waals surface area contributed by atoms with Gasteiger partial charge in [-0.05, 0) is 38.5 Å². The fraction of sp³-hybridized carbons (Fsp3) is 0.778. The Morgan fingerprint density at radius 1 is 0.625 bits per heavy atom. The lowest BCUT2D eigenvalue weighted by Crippen LogP contribution is -2.25. The van der Waals surface area contributed by atoms with Crippen LogP contribution in [0, 0.1) is 22.7 Å². The summed E-state index contributed by atoms with van der Waals surface area (Å²) in [5, 5.41) is 22.5. The second-order valence-electron chi connectivity index (χ2n) is 5.84. The predicted molar refractivity (Wildman–Crippen MR) is 92.6 cm³/mol. The number of rotatable bonds is 15. The lowest BCUT2D eigenvalue weighted by Gasteiger charge is -2.06. The first kappa shape index (κ1) is 21.9. The van der Waals surface area contributed by atoms with Crippen LogP contribution >= 0.6 is 0 Å². The number of nitrogens with zero attached hydrogens (tertiary/aromatic N) is 2. The molecule has 0 heterocycles. The van der Waals surface area contributed by atoms with Gasteiger partial charge in [0.1, 0.15) is 0 Å². The first-order valence-corrected chi connectivity index (χ1v) is 8.98. The van der Waals surface area contributed by atoms with Crippen molar-refractivity contribution in [2.75, 3.05) is 13.1 Å². The summed E-state index contributed by atoms with van der Waals surface area (Å²) in [4.78, 5) is 23.2. The minimum atomic E-state index is 0.0354. The van der Waals surface area contributed by atoms with E-state index < -0.39 is 0 Å². The Balaban J connectivity index is 3.35. The van der Waals surface area contributed by atoms with E-state index in [-0.39, 0.29) is 11.8 Å². The molecule has 0 aromatic rings. The summed E-state index contributed by atoms with van der Waals surface area (Å²) in [5.74, 6) is 0.0707. The largest absolute Gasteiger partial charge is 0.356 e. The summed E-state index contributed by atoms with van der Waals surface area (Å²) < 4.78 is 0. The highest BCUT2D eigenvalue weighted by molar-refractivity contribution is 5.77. The number of hydrogen-bond donors (Lipinski definition) is 2. The zero-order chi connectivity index (χ0) is 17.9. The molecule has 2 N–H and O–H groups in total. The molecule has 0 bridgehead atoms. The van der Waals surface area contributed by atoms with E-state index in [2.05, 4.69) is 22.8 Å². The number of amides is 2.